The third-order valence-electron chi connectivity index (χ3n) is 3.08. The number of hydrogen-bond donors (Lipinski definition) is 3. The number of rotatable bonds is 5. The summed E-state index contributed by atoms with van der Waals surface area (Å²) in [6.07, 6.45) is -0.0385. The highest BCUT2D eigenvalue weighted by Gasteiger charge is 2.09. The number of halogens is 2. The molecule has 0 unspecified atom stereocenters. The summed E-state index contributed by atoms with van der Waals surface area (Å²) in [5.41, 5.74) is 3.37. The summed E-state index contributed by atoms with van der Waals surface area (Å²) in [4.78, 5) is 23.9. The van der Waals surface area contributed by atoms with E-state index in [1.807, 2.05) is 0 Å². The number of anilines is 1. The van der Waals surface area contributed by atoms with E-state index in [4.69, 9.17) is 23.2 Å². The van der Waals surface area contributed by atoms with Gasteiger partial charge in [0, 0.05) is 16.3 Å². The number of hydrazone groups is 1. The van der Waals surface area contributed by atoms with Gasteiger partial charge in [-0.05, 0) is 43.3 Å². The first-order chi connectivity index (χ1) is 11.8. The number of benzene rings is 2. The zero-order chi connectivity index (χ0) is 18.4. The van der Waals surface area contributed by atoms with Crippen molar-refractivity contribution < 1.29 is 14.7 Å². The number of nitrogens with zero attached hydrogens (tertiary/aromatic N) is 1. The Morgan fingerprint density at radius 1 is 1.16 bits per heavy atom. The predicted octanol–water partition coefficient (Wildman–Crippen LogP) is 3.83. The zero-order valence-electron chi connectivity index (χ0n) is 13.2. The van der Waals surface area contributed by atoms with E-state index < -0.39 is 5.91 Å². The quantitative estimate of drug-likeness (QED) is 0.544. The van der Waals surface area contributed by atoms with Gasteiger partial charge in [-0.25, -0.2) is 5.43 Å². The molecule has 6 nitrogen and oxygen atoms in total. The molecule has 0 heterocycles. The molecule has 0 bridgehead atoms. The van der Waals surface area contributed by atoms with Crippen LogP contribution in [0.1, 0.15) is 23.7 Å². The van der Waals surface area contributed by atoms with Gasteiger partial charge in [-0.3, -0.25) is 9.59 Å². The van der Waals surface area contributed by atoms with Gasteiger partial charge >= 0.3 is 0 Å². The summed E-state index contributed by atoms with van der Waals surface area (Å²) in [5.74, 6) is -0.864. The van der Waals surface area contributed by atoms with Crippen LogP contribution >= 0.6 is 23.2 Å². The molecule has 25 heavy (non-hydrogen) atoms. The van der Waals surface area contributed by atoms with E-state index in [2.05, 4.69) is 15.8 Å². The molecule has 2 rings (SSSR count). The molecule has 0 saturated heterocycles. The SMILES string of the molecule is CC(CC(=O)Nc1cc(Cl)ccc1Cl)=NNC(=O)c1cccc(O)c1. The van der Waals surface area contributed by atoms with Crippen molar-refractivity contribution in [1.82, 2.24) is 5.43 Å². The smallest absolute Gasteiger partial charge is 0.271 e. The molecule has 2 aromatic rings. The Kier molecular flexibility index (Phi) is 6.38. The normalized spacial score (nSPS) is 11.1. The number of amides is 2. The largest absolute Gasteiger partial charge is 0.508 e. The number of aromatic hydroxyl groups is 1. The Labute approximate surface area is 154 Å². The van der Waals surface area contributed by atoms with E-state index in [-0.39, 0.29) is 23.6 Å². The molecule has 0 fully saturated rings. The van der Waals surface area contributed by atoms with Crippen molar-refractivity contribution in [3.8, 4) is 5.75 Å². The molecule has 0 aliphatic carbocycles. The second kappa shape index (κ2) is 8.50. The molecule has 3 N–H and O–H groups in total. The average molecular weight is 380 g/mol. The van der Waals surface area contributed by atoms with Crippen LogP contribution in [0, 0.1) is 0 Å². The van der Waals surface area contributed by atoms with Crippen LogP contribution < -0.4 is 10.7 Å². The predicted molar refractivity (Wildman–Crippen MR) is 98.4 cm³/mol. The molecule has 0 saturated carbocycles. The van der Waals surface area contributed by atoms with Crippen molar-refractivity contribution in [2.45, 2.75) is 13.3 Å². The average Bonchev–Trinajstić information content (AvgIpc) is 2.56. The standard InChI is InChI=1S/C17H15Cl2N3O3/c1-10(21-22-17(25)11-3-2-4-13(23)8-11)7-16(24)20-15-9-12(18)5-6-14(15)19/h2-6,8-9,23H,7H2,1H3,(H,20,24)(H,22,25). The van der Waals surface area contributed by atoms with Crippen molar-refractivity contribution in [2.75, 3.05) is 5.32 Å². The fourth-order valence-electron chi connectivity index (χ4n) is 1.92. The molecule has 0 spiro atoms. The third kappa shape index (κ3) is 5.77. The summed E-state index contributed by atoms with van der Waals surface area (Å²) >= 11 is 11.8. The highest BCUT2D eigenvalue weighted by Crippen LogP contribution is 2.25. The third-order valence-corrected chi connectivity index (χ3v) is 3.64. The zero-order valence-corrected chi connectivity index (χ0v) is 14.7. The summed E-state index contributed by atoms with van der Waals surface area (Å²) in [6.45, 7) is 1.60. The van der Waals surface area contributed by atoms with Crippen LogP contribution in [0.25, 0.3) is 0 Å². The Balaban J connectivity index is 1.93. The molecule has 0 aliphatic heterocycles. The van der Waals surface area contributed by atoms with Crippen LogP contribution in [0.4, 0.5) is 5.69 Å². The Morgan fingerprint density at radius 3 is 2.64 bits per heavy atom. The van der Waals surface area contributed by atoms with E-state index in [1.165, 1.54) is 24.3 Å². The van der Waals surface area contributed by atoms with Crippen LogP contribution in [0.3, 0.4) is 0 Å². The Hall–Kier alpha value is -2.57. The van der Waals surface area contributed by atoms with Gasteiger partial charge in [0.25, 0.3) is 5.91 Å². The van der Waals surface area contributed by atoms with Gasteiger partial charge in [-0.15, -0.1) is 0 Å². The van der Waals surface area contributed by atoms with Gasteiger partial charge in [0.15, 0.2) is 0 Å². The number of hydrogen-bond acceptors (Lipinski definition) is 4. The van der Waals surface area contributed by atoms with E-state index in [0.29, 0.717) is 21.4 Å². The lowest BCUT2D eigenvalue weighted by molar-refractivity contribution is -0.115. The molecule has 0 radical (unpaired) electrons. The molecule has 130 valence electrons. The van der Waals surface area contributed by atoms with Crippen molar-refractivity contribution in [3.63, 3.8) is 0 Å². The van der Waals surface area contributed by atoms with Crippen LogP contribution in [0.5, 0.6) is 5.75 Å². The minimum Gasteiger partial charge on any atom is -0.508 e. The van der Waals surface area contributed by atoms with Crippen LogP contribution in [0.15, 0.2) is 47.6 Å². The lowest BCUT2D eigenvalue weighted by Crippen LogP contribution is -2.21. The van der Waals surface area contributed by atoms with Crippen LogP contribution in [-0.4, -0.2) is 22.6 Å². The first-order valence-electron chi connectivity index (χ1n) is 7.22. The maximum atomic E-state index is 12.0. The molecule has 0 aromatic heterocycles. The molecule has 2 amide bonds. The molecule has 0 aliphatic rings. The summed E-state index contributed by atoms with van der Waals surface area (Å²) in [5, 5.41) is 16.7. The highest BCUT2D eigenvalue weighted by atomic mass is 35.5. The van der Waals surface area contributed by atoms with Crippen molar-refractivity contribution in [2.24, 2.45) is 5.10 Å². The van der Waals surface area contributed by atoms with Crippen LogP contribution in [-0.2, 0) is 4.79 Å². The van der Waals surface area contributed by atoms with Gasteiger partial charge in [0.2, 0.25) is 5.91 Å². The lowest BCUT2D eigenvalue weighted by Gasteiger charge is -2.08. The minimum atomic E-state index is -0.492. The highest BCUT2D eigenvalue weighted by molar-refractivity contribution is 6.35. The number of phenols is 1. The monoisotopic (exact) mass is 379 g/mol. The fraction of sp³-hybridized carbons (Fsp3) is 0.118. The lowest BCUT2D eigenvalue weighted by atomic mass is 10.2. The first-order valence-corrected chi connectivity index (χ1v) is 7.98. The minimum absolute atomic E-state index is 0.0221. The van der Waals surface area contributed by atoms with E-state index >= 15 is 0 Å². The summed E-state index contributed by atoms with van der Waals surface area (Å²) < 4.78 is 0. The number of nitrogens with one attached hydrogen (secondary N) is 2. The molecule has 8 heteroatoms. The van der Waals surface area contributed by atoms with Gasteiger partial charge in [-0.1, -0.05) is 29.3 Å². The number of carbonyl (C=O) groups excluding carboxylic acids is 2. The van der Waals surface area contributed by atoms with E-state index in [9.17, 15) is 14.7 Å². The van der Waals surface area contributed by atoms with Crippen molar-refractivity contribution in [1.29, 1.82) is 0 Å². The fourth-order valence-corrected chi connectivity index (χ4v) is 2.25. The second-order valence-corrected chi connectivity index (χ2v) is 6.03. The molecular formula is C17H15Cl2N3O3. The maximum absolute atomic E-state index is 12.0. The molecular weight excluding hydrogens is 365 g/mol. The number of carbonyl (C=O) groups is 2. The number of phenolic OH excluding ortho intramolecular Hbond substituents is 1. The van der Waals surface area contributed by atoms with Crippen LogP contribution in [0.2, 0.25) is 10.0 Å². The molecule has 0 atom stereocenters. The van der Waals surface area contributed by atoms with Gasteiger partial charge in [-0.2, -0.15) is 5.10 Å². The summed E-state index contributed by atoms with van der Waals surface area (Å²) in [7, 11) is 0. The Bertz CT molecular complexity index is 838. The second-order valence-electron chi connectivity index (χ2n) is 5.19. The summed E-state index contributed by atoms with van der Waals surface area (Å²) in [6, 6.07) is 10.6. The van der Waals surface area contributed by atoms with E-state index in [1.54, 1.807) is 25.1 Å². The van der Waals surface area contributed by atoms with Gasteiger partial charge in [0.05, 0.1) is 17.1 Å². The van der Waals surface area contributed by atoms with Gasteiger partial charge < -0.3 is 10.4 Å². The maximum Gasteiger partial charge on any atom is 0.271 e. The van der Waals surface area contributed by atoms with Crippen molar-refractivity contribution in [3.05, 3.63) is 58.1 Å². The first kappa shape index (κ1) is 18.8. The molecule has 2 aromatic carbocycles. The Morgan fingerprint density at radius 2 is 1.92 bits per heavy atom. The van der Waals surface area contributed by atoms with Gasteiger partial charge in [0.1, 0.15) is 5.75 Å². The van der Waals surface area contributed by atoms with Crippen molar-refractivity contribution >= 4 is 46.4 Å². The van der Waals surface area contributed by atoms with E-state index in [0.717, 1.165) is 0 Å². The topological polar surface area (TPSA) is 90.8 Å².